The number of aromatic hydroxyl groups is 2. The molecule has 14 heteroatoms. The molecule has 0 atom stereocenters. The summed E-state index contributed by atoms with van der Waals surface area (Å²) in [7, 11) is 0. The predicted molar refractivity (Wildman–Crippen MR) is 181 cm³/mol. The highest BCUT2D eigenvalue weighted by atomic mass is 16.4. The molecule has 0 aliphatic carbocycles. The second-order valence-corrected chi connectivity index (χ2v) is 11.0. The van der Waals surface area contributed by atoms with Crippen molar-refractivity contribution in [3.63, 3.8) is 0 Å². The van der Waals surface area contributed by atoms with E-state index < -0.39 is 23.4 Å². The molecule has 14 nitrogen and oxygen atoms in total. The summed E-state index contributed by atoms with van der Waals surface area (Å²) in [6.07, 6.45) is 13.7. The van der Waals surface area contributed by atoms with E-state index >= 15 is 0 Å². The van der Waals surface area contributed by atoms with Crippen molar-refractivity contribution in [2.75, 3.05) is 0 Å². The molecule has 0 bridgehead atoms. The molecule has 0 amide bonds. The molecule has 4 N–H and O–H groups in total. The molecular formula is C36H28N8O6. The van der Waals surface area contributed by atoms with E-state index in [1.165, 1.54) is 45.8 Å². The molecule has 4 aromatic heterocycles. The number of pyridine rings is 2. The molecule has 248 valence electrons. The standard InChI is InChI=1S/C25H19N7O6.C11H9N/c1-12-7-13(2)23(19-11-32(30-28-19)15-4-6-17(25(37)38)21(34)9-15)26-22(12)18-10-31(29-27-18)14-3-5-16(24(35)36)20(33)8-14;1-5-10-8(3)7-9(4)11(6-2)12-10/h3-11,33-34H,1-2H3,(H,35,36)(H,37,38);1-2,7H,3-4H3. The maximum absolute atomic E-state index is 11.2. The number of aryl methyl sites for hydroxylation is 4. The van der Waals surface area contributed by atoms with Gasteiger partial charge in [-0.2, -0.15) is 0 Å². The number of hydrogen-bond donors (Lipinski definition) is 4. The van der Waals surface area contributed by atoms with E-state index in [4.69, 9.17) is 28.0 Å². The van der Waals surface area contributed by atoms with Gasteiger partial charge in [-0.1, -0.05) is 22.6 Å². The highest BCUT2D eigenvalue weighted by molar-refractivity contribution is 5.91. The third-order valence-corrected chi connectivity index (χ3v) is 7.51. The quantitative estimate of drug-likeness (QED) is 0.179. The van der Waals surface area contributed by atoms with Crippen LogP contribution in [0, 0.1) is 52.4 Å². The fourth-order valence-electron chi connectivity index (χ4n) is 4.99. The molecule has 50 heavy (non-hydrogen) atoms. The van der Waals surface area contributed by atoms with Crippen molar-refractivity contribution >= 4 is 11.9 Å². The normalized spacial score (nSPS) is 10.4. The van der Waals surface area contributed by atoms with Crippen LogP contribution in [-0.4, -0.2) is 72.3 Å². The zero-order valence-corrected chi connectivity index (χ0v) is 27.1. The van der Waals surface area contributed by atoms with Crippen molar-refractivity contribution in [2.24, 2.45) is 0 Å². The highest BCUT2D eigenvalue weighted by Crippen LogP contribution is 2.29. The molecule has 4 heterocycles. The molecule has 0 saturated heterocycles. The number of nitrogens with zero attached hydrogens (tertiary/aromatic N) is 8. The lowest BCUT2D eigenvalue weighted by Crippen LogP contribution is -2.00. The van der Waals surface area contributed by atoms with Crippen molar-refractivity contribution in [1.29, 1.82) is 0 Å². The van der Waals surface area contributed by atoms with E-state index in [-0.39, 0.29) is 11.1 Å². The van der Waals surface area contributed by atoms with E-state index in [9.17, 15) is 19.8 Å². The van der Waals surface area contributed by atoms with Crippen LogP contribution in [0.3, 0.4) is 0 Å². The van der Waals surface area contributed by atoms with Gasteiger partial charge in [-0.3, -0.25) is 0 Å². The van der Waals surface area contributed by atoms with Gasteiger partial charge in [0.05, 0.1) is 35.2 Å². The molecule has 0 aliphatic rings. The van der Waals surface area contributed by atoms with Gasteiger partial charge < -0.3 is 20.4 Å². The van der Waals surface area contributed by atoms with E-state index in [2.05, 4.69) is 37.4 Å². The Labute approximate surface area is 285 Å². The smallest absolute Gasteiger partial charge is 0.339 e. The molecule has 2 aromatic carbocycles. The molecule has 0 unspecified atom stereocenters. The van der Waals surface area contributed by atoms with Crippen molar-refractivity contribution in [2.45, 2.75) is 27.7 Å². The van der Waals surface area contributed by atoms with Crippen LogP contribution < -0.4 is 0 Å². The van der Waals surface area contributed by atoms with Gasteiger partial charge in [0, 0.05) is 12.1 Å². The summed E-state index contributed by atoms with van der Waals surface area (Å²) in [5.74, 6) is 1.70. The molecule has 0 saturated carbocycles. The van der Waals surface area contributed by atoms with Crippen LogP contribution in [0.5, 0.6) is 11.5 Å². The number of hydrogen-bond acceptors (Lipinski definition) is 10. The van der Waals surface area contributed by atoms with Crippen LogP contribution in [0.1, 0.15) is 54.4 Å². The van der Waals surface area contributed by atoms with Crippen molar-refractivity contribution in [3.8, 4) is 70.3 Å². The number of aromatic nitrogens is 8. The van der Waals surface area contributed by atoms with Gasteiger partial charge in [-0.25, -0.2) is 28.9 Å². The van der Waals surface area contributed by atoms with Gasteiger partial charge >= 0.3 is 11.9 Å². The number of phenols is 2. The minimum absolute atomic E-state index is 0.226. The van der Waals surface area contributed by atoms with Crippen LogP contribution >= 0.6 is 0 Å². The fourth-order valence-corrected chi connectivity index (χ4v) is 4.99. The summed E-state index contributed by atoms with van der Waals surface area (Å²) in [6, 6.07) is 12.0. The van der Waals surface area contributed by atoms with Crippen molar-refractivity contribution < 1.29 is 30.0 Å². The van der Waals surface area contributed by atoms with Crippen LogP contribution in [0.4, 0.5) is 0 Å². The Morgan fingerprint density at radius 2 is 1.02 bits per heavy atom. The molecule has 6 aromatic rings. The maximum atomic E-state index is 11.2. The van der Waals surface area contributed by atoms with Crippen LogP contribution in [0.15, 0.2) is 60.9 Å². The predicted octanol–water partition coefficient (Wildman–Crippen LogP) is 4.66. The SMILES string of the molecule is C#Cc1nc(C#C)c(C)cc1C.Cc1cc(C)c(-c2cn(-c3ccc(C(=O)O)c(O)c3)nn2)nc1-c1cn(-c2ccc(C(=O)O)c(O)c2)nn1. The lowest BCUT2D eigenvalue weighted by Gasteiger charge is -2.08. The Hall–Kier alpha value is -7.32. The van der Waals surface area contributed by atoms with Crippen molar-refractivity contribution in [1.82, 2.24) is 40.0 Å². The van der Waals surface area contributed by atoms with Crippen LogP contribution in [0.2, 0.25) is 0 Å². The van der Waals surface area contributed by atoms with E-state index in [1.54, 1.807) is 12.4 Å². The van der Waals surface area contributed by atoms with Gasteiger partial charge in [0.15, 0.2) is 0 Å². The third kappa shape index (κ3) is 6.85. The maximum Gasteiger partial charge on any atom is 0.339 e. The number of terminal acetylenes is 2. The summed E-state index contributed by atoms with van der Waals surface area (Å²) < 4.78 is 2.79. The Bertz CT molecular complexity index is 2240. The number of benzene rings is 2. The summed E-state index contributed by atoms with van der Waals surface area (Å²) in [6.45, 7) is 7.59. The van der Waals surface area contributed by atoms with Gasteiger partial charge in [0.25, 0.3) is 0 Å². The Balaban J connectivity index is 0.000000343. The Morgan fingerprint density at radius 3 is 1.38 bits per heavy atom. The van der Waals surface area contributed by atoms with Crippen LogP contribution in [0.25, 0.3) is 34.2 Å². The lowest BCUT2D eigenvalue weighted by molar-refractivity contribution is 0.0682. The van der Waals surface area contributed by atoms with Gasteiger partial charge in [0.1, 0.15) is 45.4 Å². The average Bonchev–Trinajstić information content (AvgIpc) is 3.76. The van der Waals surface area contributed by atoms with E-state index in [0.717, 1.165) is 22.3 Å². The van der Waals surface area contributed by atoms with Gasteiger partial charge in [0.2, 0.25) is 0 Å². The molecule has 6 rings (SSSR count). The molecule has 0 aliphatic heterocycles. The lowest BCUT2D eigenvalue weighted by atomic mass is 10.1. The Morgan fingerprint density at radius 1 is 0.620 bits per heavy atom. The van der Waals surface area contributed by atoms with Crippen molar-refractivity contribution in [3.05, 3.63) is 106 Å². The van der Waals surface area contributed by atoms with E-state index in [0.29, 0.717) is 45.5 Å². The first kappa shape index (κ1) is 34.0. The monoisotopic (exact) mass is 668 g/mol. The summed E-state index contributed by atoms with van der Waals surface area (Å²) in [5, 5.41) is 54.8. The topological polar surface area (TPSA) is 202 Å². The van der Waals surface area contributed by atoms with Gasteiger partial charge in [-0.15, -0.1) is 23.0 Å². The number of carbonyl (C=O) groups is 2. The summed E-state index contributed by atoms with van der Waals surface area (Å²) in [5.41, 5.74) is 7.21. The average molecular weight is 669 g/mol. The minimum Gasteiger partial charge on any atom is -0.507 e. The number of carboxylic acid groups (broad SMARTS) is 2. The number of carboxylic acids is 2. The second kappa shape index (κ2) is 13.8. The summed E-state index contributed by atoms with van der Waals surface area (Å²) >= 11 is 0. The fraction of sp³-hybridized carbons (Fsp3) is 0.111. The van der Waals surface area contributed by atoms with Gasteiger partial charge in [-0.05, 0) is 86.1 Å². The number of aromatic carboxylic acids is 2. The second-order valence-electron chi connectivity index (χ2n) is 11.0. The molecule has 0 fully saturated rings. The zero-order valence-electron chi connectivity index (χ0n) is 27.1. The molecule has 0 spiro atoms. The number of rotatable bonds is 6. The van der Waals surface area contributed by atoms with Crippen LogP contribution in [-0.2, 0) is 0 Å². The largest absolute Gasteiger partial charge is 0.507 e. The summed E-state index contributed by atoms with van der Waals surface area (Å²) in [4.78, 5) is 31.2. The first-order valence-electron chi connectivity index (χ1n) is 14.7. The molecule has 0 radical (unpaired) electrons. The highest BCUT2D eigenvalue weighted by Gasteiger charge is 2.18. The third-order valence-electron chi connectivity index (χ3n) is 7.51. The molecular weight excluding hydrogens is 640 g/mol. The Kier molecular flexibility index (Phi) is 9.40. The first-order chi connectivity index (χ1) is 23.8. The zero-order chi connectivity index (χ0) is 36.3. The first-order valence-corrected chi connectivity index (χ1v) is 14.7. The van der Waals surface area contributed by atoms with E-state index in [1.807, 2.05) is 39.8 Å². The minimum atomic E-state index is -1.24.